The predicted octanol–water partition coefficient (Wildman–Crippen LogP) is 4.61. The van der Waals surface area contributed by atoms with Gasteiger partial charge in [-0.2, -0.15) is 0 Å². The van der Waals surface area contributed by atoms with E-state index >= 15 is 0 Å². The van der Waals surface area contributed by atoms with E-state index in [2.05, 4.69) is 15.2 Å². The van der Waals surface area contributed by atoms with Crippen LogP contribution in [0.2, 0.25) is 5.02 Å². The van der Waals surface area contributed by atoms with Crippen molar-refractivity contribution in [2.45, 2.75) is 17.3 Å². The SMILES string of the molecule is Cc1c(Cl)cccc1-n1c(SC(C(N)=O)c2ccccc2)nnc1-c1ccncc1. The quantitative estimate of drug-likeness (QED) is 0.447. The molecule has 0 aliphatic heterocycles. The van der Waals surface area contributed by atoms with Gasteiger partial charge in [0.25, 0.3) is 0 Å². The molecule has 0 fully saturated rings. The van der Waals surface area contributed by atoms with Crippen molar-refractivity contribution >= 4 is 29.3 Å². The maximum absolute atomic E-state index is 12.3. The van der Waals surface area contributed by atoms with Gasteiger partial charge in [0.15, 0.2) is 11.0 Å². The molecular formula is C22H18ClN5OS. The number of pyridine rings is 1. The minimum absolute atomic E-state index is 0.450. The Hall–Kier alpha value is -3.16. The highest BCUT2D eigenvalue weighted by atomic mass is 35.5. The molecule has 2 N–H and O–H groups in total. The average molecular weight is 436 g/mol. The summed E-state index contributed by atoms with van der Waals surface area (Å²) in [6, 6.07) is 18.8. The first-order valence-corrected chi connectivity index (χ1v) is 10.4. The molecule has 8 heteroatoms. The number of rotatable bonds is 6. The van der Waals surface area contributed by atoms with Gasteiger partial charge in [-0.05, 0) is 42.3 Å². The van der Waals surface area contributed by atoms with Crippen molar-refractivity contribution < 1.29 is 4.79 Å². The molecule has 1 amide bonds. The van der Waals surface area contributed by atoms with Crippen LogP contribution in [0.5, 0.6) is 0 Å². The molecular weight excluding hydrogens is 418 g/mol. The van der Waals surface area contributed by atoms with Gasteiger partial charge in [0.1, 0.15) is 5.25 Å². The van der Waals surface area contributed by atoms with E-state index in [1.54, 1.807) is 12.4 Å². The Labute approximate surface area is 183 Å². The van der Waals surface area contributed by atoms with Crippen molar-refractivity contribution in [1.82, 2.24) is 19.7 Å². The molecule has 30 heavy (non-hydrogen) atoms. The van der Waals surface area contributed by atoms with Gasteiger partial charge in [-0.25, -0.2) is 0 Å². The Morgan fingerprint density at radius 2 is 1.77 bits per heavy atom. The normalized spacial score (nSPS) is 11.9. The van der Waals surface area contributed by atoms with Crippen LogP contribution in [-0.4, -0.2) is 25.7 Å². The minimum Gasteiger partial charge on any atom is -0.368 e. The lowest BCUT2D eigenvalue weighted by Gasteiger charge is -2.17. The fraction of sp³-hybridized carbons (Fsp3) is 0.0909. The van der Waals surface area contributed by atoms with Gasteiger partial charge in [0.05, 0.1) is 5.69 Å². The molecule has 6 nitrogen and oxygen atoms in total. The second-order valence-corrected chi connectivity index (χ2v) is 8.05. The Morgan fingerprint density at radius 3 is 2.47 bits per heavy atom. The second-order valence-electron chi connectivity index (χ2n) is 6.57. The monoisotopic (exact) mass is 435 g/mol. The van der Waals surface area contributed by atoms with Crippen molar-refractivity contribution in [1.29, 1.82) is 0 Å². The number of carbonyl (C=O) groups excluding carboxylic acids is 1. The van der Waals surface area contributed by atoms with Crippen molar-refractivity contribution in [3.8, 4) is 17.1 Å². The lowest BCUT2D eigenvalue weighted by molar-refractivity contribution is -0.117. The maximum Gasteiger partial charge on any atom is 0.235 e. The van der Waals surface area contributed by atoms with E-state index in [4.69, 9.17) is 17.3 Å². The van der Waals surface area contributed by atoms with E-state index in [0.29, 0.717) is 16.0 Å². The highest BCUT2D eigenvalue weighted by molar-refractivity contribution is 8.00. The van der Waals surface area contributed by atoms with Gasteiger partial charge in [-0.1, -0.05) is 59.8 Å². The summed E-state index contributed by atoms with van der Waals surface area (Å²) in [7, 11) is 0. The lowest BCUT2D eigenvalue weighted by atomic mass is 10.1. The number of hydrogen-bond donors (Lipinski definition) is 1. The molecule has 0 spiro atoms. The number of halogens is 1. The molecule has 4 aromatic rings. The Morgan fingerprint density at radius 1 is 1.03 bits per heavy atom. The van der Waals surface area contributed by atoms with Gasteiger partial charge in [-0.3, -0.25) is 14.3 Å². The first-order valence-electron chi connectivity index (χ1n) is 9.18. The number of primary amides is 1. The first-order chi connectivity index (χ1) is 14.6. The van der Waals surface area contributed by atoms with Gasteiger partial charge >= 0.3 is 0 Å². The number of benzene rings is 2. The molecule has 0 radical (unpaired) electrons. The predicted molar refractivity (Wildman–Crippen MR) is 119 cm³/mol. The summed E-state index contributed by atoms with van der Waals surface area (Å²) >= 11 is 7.65. The van der Waals surface area contributed by atoms with Crippen LogP contribution in [0, 0.1) is 6.92 Å². The topological polar surface area (TPSA) is 86.7 Å². The summed E-state index contributed by atoms with van der Waals surface area (Å²) in [5.74, 6) is 0.176. The Bertz CT molecular complexity index is 1180. The van der Waals surface area contributed by atoms with Crippen molar-refractivity contribution in [3.05, 3.63) is 89.2 Å². The lowest BCUT2D eigenvalue weighted by Crippen LogP contribution is -2.19. The highest BCUT2D eigenvalue weighted by Crippen LogP contribution is 2.38. The number of carbonyl (C=O) groups is 1. The molecule has 0 aliphatic rings. The number of nitrogens with two attached hydrogens (primary N) is 1. The van der Waals surface area contributed by atoms with Crippen LogP contribution in [0.3, 0.4) is 0 Å². The van der Waals surface area contributed by atoms with Crippen molar-refractivity contribution in [3.63, 3.8) is 0 Å². The summed E-state index contributed by atoms with van der Waals surface area (Å²) in [5, 5.41) is 9.36. The average Bonchev–Trinajstić information content (AvgIpc) is 3.18. The molecule has 2 heterocycles. The van der Waals surface area contributed by atoms with E-state index in [1.165, 1.54) is 11.8 Å². The van der Waals surface area contributed by atoms with Crippen LogP contribution in [0.15, 0.2) is 78.2 Å². The van der Waals surface area contributed by atoms with Gasteiger partial charge < -0.3 is 5.73 Å². The largest absolute Gasteiger partial charge is 0.368 e. The zero-order chi connectivity index (χ0) is 21.1. The minimum atomic E-state index is -0.612. The molecule has 0 aliphatic carbocycles. The third-order valence-corrected chi connectivity index (χ3v) is 6.26. The van der Waals surface area contributed by atoms with E-state index in [0.717, 1.165) is 22.4 Å². The summed E-state index contributed by atoms with van der Waals surface area (Å²) in [4.78, 5) is 16.3. The van der Waals surface area contributed by atoms with Gasteiger partial charge in [0.2, 0.25) is 5.91 Å². The molecule has 0 bridgehead atoms. The summed E-state index contributed by atoms with van der Waals surface area (Å²) in [5.41, 5.74) is 9.09. The molecule has 150 valence electrons. The zero-order valence-corrected chi connectivity index (χ0v) is 17.6. The van der Waals surface area contributed by atoms with Crippen LogP contribution in [0.4, 0.5) is 0 Å². The van der Waals surface area contributed by atoms with Crippen LogP contribution < -0.4 is 5.73 Å². The molecule has 2 aromatic carbocycles. The fourth-order valence-corrected chi connectivity index (χ4v) is 4.28. The molecule has 4 rings (SSSR count). The molecule has 1 atom stereocenters. The van der Waals surface area contributed by atoms with Crippen LogP contribution >= 0.6 is 23.4 Å². The molecule has 2 aromatic heterocycles. The molecule has 1 unspecified atom stereocenters. The number of amides is 1. The van der Waals surface area contributed by atoms with E-state index in [1.807, 2.05) is 72.2 Å². The van der Waals surface area contributed by atoms with E-state index < -0.39 is 11.2 Å². The number of nitrogens with zero attached hydrogens (tertiary/aromatic N) is 4. The van der Waals surface area contributed by atoms with Gasteiger partial charge in [0, 0.05) is 23.0 Å². The highest BCUT2D eigenvalue weighted by Gasteiger charge is 2.25. The van der Waals surface area contributed by atoms with Crippen LogP contribution in [0.1, 0.15) is 16.4 Å². The van der Waals surface area contributed by atoms with E-state index in [-0.39, 0.29) is 0 Å². The zero-order valence-electron chi connectivity index (χ0n) is 16.1. The summed E-state index contributed by atoms with van der Waals surface area (Å²) < 4.78 is 1.90. The second kappa shape index (κ2) is 8.69. The first kappa shape index (κ1) is 20.1. The van der Waals surface area contributed by atoms with Crippen molar-refractivity contribution in [2.75, 3.05) is 0 Å². The molecule has 0 saturated heterocycles. The standard InChI is InChI=1S/C22H18ClN5OS/c1-14-17(23)8-5-9-18(14)28-21(16-10-12-25-13-11-16)26-27-22(28)30-19(20(24)29)15-6-3-2-4-7-15/h2-13,19H,1H3,(H2,24,29). The fourth-order valence-electron chi connectivity index (χ4n) is 3.11. The third-order valence-electron chi connectivity index (χ3n) is 4.64. The van der Waals surface area contributed by atoms with Crippen molar-refractivity contribution in [2.24, 2.45) is 5.73 Å². The summed E-state index contributed by atoms with van der Waals surface area (Å²) in [6.07, 6.45) is 3.39. The smallest absolute Gasteiger partial charge is 0.235 e. The maximum atomic E-state index is 12.3. The summed E-state index contributed by atoms with van der Waals surface area (Å²) in [6.45, 7) is 1.94. The molecule has 0 saturated carbocycles. The number of thioether (sulfide) groups is 1. The Balaban J connectivity index is 1.87. The van der Waals surface area contributed by atoms with E-state index in [9.17, 15) is 4.79 Å². The number of aromatic nitrogens is 4. The van der Waals surface area contributed by atoms with Gasteiger partial charge in [-0.15, -0.1) is 10.2 Å². The third kappa shape index (κ3) is 3.94. The number of hydrogen-bond acceptors (Lipinski definition) is 5. The van der Waals surface area contributed by atoms with Crippen LogP contribution in [-0.2, 0) is 4.79 Å². The van der Waals surface area contributed by atoms with Crippen LogP contribution in [0.25, 0.3) is 17.1 Å². The Kier molecular flexibility index (Phi) is 5.83.